The smallest absolute Gasteiger partial charge is 0.264 e. The highest BCUT2D eigenvalue weighted by atomic mass is 32.2. The number of thioether (sulfide) groups is 1. The maximum absolute atomic E-state index is 13.1. The summed E-state index contributed by atoms with van der Waals surface area (Å²) in [6.07, 6.45) is 1.94. The van der Waals surface area contributed by atoms with E-state index in [1.165, 1.54) is 4.31 Å². The summed E-state index contributed by atoms with van der Waals surface area (Å²) < 4.78 is 27.5. The molecule has 30 heavy (non-hydrogen) atoms. The van der Waals surface area contributed by atoms with Gasteiger partial charge in [-0.3, -0.25) is 9.10 Å². The molecule has 0 spiro atoms. The van der Waals surface area contributed by atoms with Crippen molar-refractivity contribution in [2.24, 2.45) is 0 Å². The first-order chi connectivity index (χ1) is 14.4. The Hall–Kier alpha value is -2.77. The molecular weight excluding hydrogens is 416 g/mol. The van der Waals surface area contributed by atoms with E-state index < -0.39 is 10.0 Å². The largest absolute Gasteiger partial charge is 0.322 e. The lowest BCUT2D eigenvalue weighted by molar-refractivity contribution is 0.102. The molecule has 0 saturated heterocycles. The number of carbonyl (C=O) groups excluding carboxylic acids is 1. The van der Waals surface area contributed by atoms with Crippen molar-refractivity contribution in [2.75, 3.05) is 22.4 Å². The maximum atomic E-state index is 13.1. The molecule has 0 aliphatic heterocycles. The molecule has 1 amide bonds. The van der Waals surface area contributed by atoms with E-state index in [-0.39, 0.29) is 17.3 Å². The number of hydrogen-bond donors (Lipinski definition) is 1. The van der Waals surface area contributed by atoms with Crippen molar-refractivity contribution in [1.29, 1.82) is 0 Å². The molecule has 0 radical (unpaired) electrons. The van der Waals surface area contributed by atoms with Gasteiger partial charge in [0.25, 0.3) is 15.9 Å². The Kier molecular flexibility index (Phi) is 6.84. The molecule has 0 atom stereocenters. The van der Waals surface area contributed by atoms with E-state index in [2.05, 4.69) is 5.32 Å². The number of amides is 1. The molecular formula is C23H24N2O3S2. The van der Waals surface area contributed by atoms with Gasteiger partial charge in [0.2, 0.25) is 0 Å². The second-order valence-corrected chi connectivity index (χ2v) is 9.40. The van der Waals surface area contributed by atoms with E-state index >= 15 is 0 Å². The van der Waals surface area contributed by atoms with Crippen molar-refractivity contribution >= 4 is 39.1 Å². The first-order valence-electron chi connectivity index (χ1n) is 9.50. The number of rotatable bonds is 7. The van der Waals surface area contributed by atoms with Crippen molar-refractivity contribution in [1.82, 2.24) is 0 Å². The molecule has 3 aromatic rings. The second kappa shape index (κ2) is 9.36. The molecule has 0 aliphatic rings. The average Bonchev–Trinajstić information content (AvgIpc) is 2.76. The van der Waals surface area contributed by atoms with Crippen molar-refractivity contribution in [3.8, 4) is 0 Å². The molecule has 1 N–H and O–H groups in total. The van der Waals surface area contributed by atoms with Gasteiger partial charge in [-0.2, -0.15) is 0 Å². The lowest BCUT2D eigenvalue weighted by atomic mass is 10.1. The van der Waals surface area contributed by atoms with Crippen LogP contribution in [0.15, 0.2) is 82.6 Å². The molecule has 7 heteroatoms. The molecule has 156 valence electrons. The molecule has 0 aliphatic carbocycles. The number of hydrogen-bond acceptors (Lipinski definition) is 4. The van der Waals surface area contributed by atoms with E-state index in [0.717, 1.165) is 16.1 Å². The van der Waals surface area contributed by atoms with Gasteiger partial charge in [0.15, 0.2) is 0 Å². The fourth-order valence-corrected chi connectivity index (χ4v) is 4.93. The summed E-state index contributed by atoms with van der Waals surface area (Å²) in [5.74, 6) is -0.241. The lowest BCUT2D eigenvalue weighted by Gasteiger charge is -2.23. The van der Waals surface area contributed by atoms with Gasteiger partial charge in [0.05, 0.1) is 10.6 Å². The molecule has 3 rings (SSSR count). The summed E-state index contributed by atoms with van der Waals surface area (Å²) in [5, 5.41) is 2.88. The highest BCUT2D eigenvalue weighted by Crippen LogP contribution is 2.26. The van der Waals surface area contributed by atoms with Crippen LogP contribution in [-0.4, -0.2) is 27.1 Å². The number of para-hydroxylation sites is 1. The highest BCUT2D eigenvalue weighted by molar-refractivity contribution is 7.98. The van der Waals surface area contributed by atoms with Crippen LogP contribution < -0.4 is 9.62 Å². The fourth-order valence-electron chi connectivity index (χ4n) is 3.05. The van der Waals surface area contributed by atoms with Crippen LogP contribution in [0.3, 0.4) is 0 Å². The van der Waals surface area contributed by atoms with Crippen LogP contribution in [0.25, 0.3) is 0 Å². The molecule has 0 saturated carbocycles. The molecule has 0 unspecified atom stereocenters. The van der Waals surface area contributed by atoms with Crippen LogP contribution in [-0.2, 0) is 10.0 Å². The summed E-state index contributed by atoms with van der Waals surface area (Å²) in [6, 6.07) is 21.0. The number of anilines is 2. The first-order valence-corrected chi connectivity index (χ1v) is 12.2. The molecule has 0 aromatic heterocycles. The Morgan fingerprint density at radius 3 is 2.17 bits per heavy atom. The number of nitrogens with one attached hydrogen (secondary N) is 1. The van der Waals surface area contributed by atoms with Gasteiger partial charge in [0, 0.05) is 22.7 Å². The summed E-state index contributed by atoms with van der Waals surface area (Å²) in [4.78, 5) is 13.8. The van der Waals surface area contributed by atoms with E-state index in [1.54, 1.807) is 67.2 Å². The first kappa shape index (κ1) is 21.9. The quantitative estimate of drug-likeness (QED) is 0.514. The Morgan fingerprint density at radius 1 is 0.967 bits per heavy atom. The predicted octanol–water partition coefficient (Wildman–Crippen LogP) is 5.18. The van der Waals surface area contributed by atoms with Crippen LogP contribution in [0, 0.1) is 6.92 Å². The second-order valence-electron chi connectivity index (χ2n) is 6.66. The highest BCUT2D eigenvalue weighted by Gasteiger charge is 2.23. The third-order valence-corrected chi connectivity index (χ3v) is 7.41. The monoisotopic (exact) mass is 440 g/mol. The zero-order valence-corrected chi connectivity index (χ0v) is 18.8. The summed E-state index contributed by atoms with van der Waals surface area (Å²) in [6.45, 7) is 3.99. The topological polar surface area (TPSA) is 66.5 Å². The van der Waals surface area contributed by atoms with Gasteiger partial charge in [-0.1, -0.05) is 18.2 Å². The van der Waals surface area contributed by atoms with Crippen molar-refractivity contribution in [3.63, 3.8) is 0 Å². The molecule has 5 nitrogen and oxygen atoms in total. The minimum atomic E-state index is -3.69. The zero-order chi connectivity index (χ0) is 21.7. The van der Waals surface area contributed by atoms with Crippen LogP contribution >= 0.6 is 11.8 Å². The number of aryl methyl sites for hydroxylation is 1. The van der Waals surface area contributed by atoms with Crippen LogP contribution in [0.2, 0.25) is 0 Å². The van der Waals surface area contributed by atoms with Gasteiger partial charge in [-0.25, -0.2) is 8.42 Å². The fraction of sp³-hybridized carbons (Fsp3) is 0.174. The van der Waals surface area contributed by atoms with Gasteiger partial charge >= 0.3 is 0 Å². The molecule has 3 aromatic carbocycles. The Morgan fingerprint density at radius 2 is 1.60 bits per heavy atom. The van der Waals surface area contributed by atoms with E-state index in [1.807, 2.05) is 37.4 Å². The molecule has 0 fully saturated rings. The van der Waals surface area contributed by atoms with Crippen molar-refractivity contribution < 1.29 is 13.2 Å². The normalized spacial score (nSPS) is 11.2. The van der Waals surface area contributed by atoms with E-state index in [4.69, 9.17) is 0 Å². The van der Waals surface area contributed by atoms with Gasteiger partial charge in [0.1, 0.15) is 0 Å². The maximum Gasteiger partial charge on any atom is 0.264 e. The van der Waals surface area contributed by atoms with Crippen LogP contribution in [0.4, 0.5) is 11.4 Å². The third-order valence-electron chi connectivity index (χ3n) is 4.75. The standard InChI is InChI=1S/C23H24N2O3S2/c1-4-25(30(27,28)21-15-13-20(29-3)14-16-21)19-11-9-18(10-12-19)23(26)24-22-8-6-5-7-17(22)2/h5-16H,4H2,1-3H3,(H,24,26). The number of benzene rings is 3. The summed E-state index contributed by atoms with van der Waals surface area (Å²) >= 11 is 1.56. The van der Waals surface area contributed by atoms with Crippen LogP contribution in [0.1, 0.15) is 22.8 Å². The van der Waals surface area contributed by atoms with E-state index in [0.29, 0.717) is 11.3 Å². The minimum Gasteiger partial charge on any atom is -0.322 e. The minimum absolute atomic E-state index is 0.239. The van der Waals surface area contributed by atoms with Crippen molar-refractivity contribution in [2.45, 2.75) is 23.6 Å². The zero-order valence-electron chi connectivity index (χ0n) is 17.1. The number of nitrogens with zero attached hydrogens (tertiary/aromatic N) is 1. The Balaban J connectivity index is 1.82. The Labute approximate surface area is 182 Å². The summed E-state index contributed by atoms with van der Waals surface area (Å²) in [7, 11) is -3.69. The SMILES string of the molecule is CCN(c1ccc(C(=O)Nc2ccccc2C)cc1)S(=O)(=O)c1ccc(SC)cc1. The number of carbonyl (C=O) groups is 1. The van der Waals surface area contributed by atoms with Crippen LogP contribution in [0.5, 0.6) is 0 Å². The Bertz CT molecular complexity index is 1130. The van der Waals surface area contributed by atoms with Gasteiger partial charge < -0.3 is 5.32 Å². The van der Waals surface area contributed by atoms with Crippen molar-refractivity contribution in [3.05, 3.63) is 83.9 Å². The lowest BCUT2D eigenvalue weighted by Crippen LogP contribution is -2.30. The van der Waals surface area contributed by atoms with Gasteiger partial charge in [-0.05, 0) is 80.3 Å². The summed E-state index contributed by atoms with van der Waals surface area (Å²) in [5.41, 5.74) is 2.69. The third kappa shape index (κ3) is 4.68. The average molecular weight is 441 g/mol. The van der Waals surface area contributed by atoms with Gasteiger partial charge in [-0.15, -0.1) is 11.8 Å². The number of sulfonamides is 1. The predicted molar refractivity (Wildman–Crippen MR) is 124 cm³/mol. The van der Waals surface area contributed by atoms with E-state index in [9.17, 15) is 13.2 Å². The molecule has 0 bridgehead atoms. The molecule has 0 heterocycles.